The second-order valence-corrected chi connectivity index (χ2v) is 11.7. The number of aromatic nitrogens is 2. The Morgan fingerprint density at radius 2 is 0.893 bits per heavy atom. The molecule has 2 aromatic carbocycles. The van der Waals surface area contributed by atoms with Crippen molar-refractivity contribution in [3.63, 3.8) is 0 Å². The summed E-state index contributed by atoms with van der Waals surface area (Å²) < 4.78 is 103. The van der Waals surface area contributed by atoms with Gasteiger partial charge in [0.2, 0.25) is 11.8 Å². The van der Waals surface area contributed by atoms with Crippen molar-refractivity contribution in [2.24, 2.45) is 10.3 Å². The third kappa shape index (κ3) is 10.2. The van der Waals surface area contributed by atoms with Gasteiger partial charge in [0.05, 0.1) is 37.8 Å². The van der Waals surface area contributed by atoms with Crippen LogP contribution >= 0.6 is 0 Å². The van der Waals surface area contributed by atoms with Crippen LogP contribution in [0, 0.1) is 0 Å². The minimum atomic E-state index is -4.73. The fourth-order valence-electron chi connectivity index (χ4n) is 5.25. The van der Waals surface area contributed by atoms with E-state index in [-0.39, 0.29) is 11.5 Å². The van der Waals surface area contributed by atoms with E-state index in [1.165, 1.54) is 60.9 Å². The van der Waals surface area contributed by atoms with Crippen molar-refractivity contribution in [1.29, 1.82) is 0 Å². The first-order valence-corrected chi connectivity index (χ1v) is 16.4. The molecule has 2 aliphatic rings. The van der Waals surface area contributed by atoms with Crippen molar-refractivity contribution < 1.29 is 63.8 Å². The van der Waals surface area contributed by atoms with Crippen molar-refractivity contribution >= 4 is 11.8 Å². The molecule has 12 nitrogen and oxygen atoms in total. The highest BCUT2D eigenvalue weighted by atomic mass is 19.4. The van der Waals surface area contributed by atoms with E-state index >= 15 is 0 Å². The summed E-state index contributed by atoms with van der Waals surface area (Å²) in [4.78, 5) is 19.1. The molecule has 6 heterocycles. The molecule has 2 atom stereocenters. The molecule has 6 aromatic rings. The molecule has 0 bridgehead atoms. The SMILES string of the molecule is FC(F)(F)Oc1ccc([C@@H]2CC(Oc3ccc(-c4ccco4)nc3)=NO2)cc1.FC(F)(F)Oc1ccc([C@H]2CC(Oc3ccc(-c4ccco4)nc3)=NO2)cc1. The molecular formula is C38H26F6N4O8. The van der Waals surface area contributed by atoms with Gasteiger partial charge in [0.1, 0.15) is 34.4 Å². The fourth-order valence-corrected chi connectivity index (χ4v) is 5.25. The van der Waals surface area contributed by atoms with Crippen LogP contribution in [0.15, 0.2) is 141 Å². The second kappa shape index (κ2) is 16.2. The summed E-state index contributed by atoms with van der Waals surface area (Å²) in [6.45, 7) is 0. The number of oxime groups is 2. The van der Waals surface area contributed by atoms with Crippen molar-refractivity contribution in [1.82, 2.24) is 9.97 Å². The maximum atomic E-state index is 12.2. The number of hydrogen-bond acceptors (Lipinski definition) is 12. The Hall–Kier alpha value is -6.98. The zero-order valence-corrected chi connectivity index (χ0v) is 28.4. The maximum Gasteiger partial charge on any atom is 0.573 e. The van der Waals surface area contributed by atoms with Crippen molar-refractivity contribution in [3.05, 3.63) is 133 Å². The second-order valence-electron chi connectivity index (χ2n) is 11.7. The van der Waals surface area contributed by atoms with Crippen LogP contribution in [0.3, 0.4) is 0 Å². The molecule has 0 amide bonds. The van der Waals surface area contributed by atoms with Crippen LogP contribution in [0.2, 0.25) is 0 Å². The van der Waals surface area contributed by atoms with E-state index in [1.54, 1.807) is 61.1 Å². The third-order valence-electron chi connectivity index (χ3n) is 7.75. The van der Waals surface area contributed by atoms with Crippen LogP contribution in [0.25, 0.3) is 22.9 Å². The van der Waals surface area contributed by atoms with Gasteiger partial charge in [-0.3, -0.25) is 0 Å². The lowest BCUT2D eigenvalue weighted by Gasteiger charge is -2.11. The lowest BCUT2D eigenvalue weighted by atomic mass is 10.1. The smallest absolute Gasteiger partial charge is 0.463 e. The minimum Gasteiger partial charge on any atom is -0.463 e. The van der Waals surface area contributed by atoms with Crippen molar-refractivity contribution in [2.75, 3.05) is 0 Å². The first kappa shape index (κ1) is 37.3. The molecule has 18 heteroatoms. The lowest BCUT2D eigenvalue weighted by Crippen LogP contribution is -2.17. The van der Waals surface area contributed by atoms with Crippen LogP contribution < -0.4 is 18.9 Å². The van der Waals surface area contributed by atoms with Gasteiger partial charge < -0.3 is 37.5 Å². The average Bonchev–Trinajstić information content (AvgIpc) is 4.01. The predicted molar refractivity (Wildman–Crippen MR) is 183 cm³/mol. The normalized spacial score (nSPS) is 16.4. The summed E-state index contributed by atoms with van der Waals surface area (Å²) in [6, 6.07) is 25.0. The number of alkyl halides is 6. The van der Waals surface area contributed by atoms with Crippen LogP contribution in [-0.2, 0) is 9.68 Å². The zero-order valence-electron chi connectivity index (χ0n) is 28.4. The summed E-state index contributed by atoms with van der Waals surface area (Å²) in [5.74, 6) is 2.33. The number of benzene rings is 2. The molecule has 0 N–H and O–H groups in total. The number of hydrogen-bond donors (Lipinski definition) is 0. The number of halogens is 6. The van der Waals surface area contributed by atoms with Gasteiger partial charge in [-0.05, 0) is 83.9 Å². The Labute approximate surface area is 312 Å². The summed E-state index contributed by atoms with van der Waals surface area (Å²) in [5.41, 5.74) is 2.65. The quantitative estimate of drug-likeness (QED) is 0.138. The molecule has 8 rings (SSSR count). The number of ether oxygens (including phenoxy) is 4. The van der Waals surface area contributed by atoms with E-state index < -0.39 is 24.9 Å². The van der Waals surface area contributed by atoms with Gasteiger partial charge in [-0.25, -0.2) is 9.97 Å². The van der Waals surface area contributed by atoms with E-state index in [2.05, 4.69) is 29.8 Å². The van der Waals surface area contributed by atoms with Crippen LogP contribution in [0.5, 0.6) is 23.0 Å². The zero-order chi connectivity index (χ0) is 39.1. The molecule has 0 radical (unpaired) electrons. The van der Waals surface area contributed by atoms with Gasteiger partial charge >= 0.3 is 12.7 Å². The van der Waals surface area contributed by atoms with Crippen molar-refractivity contribution in [2.45, 2.75) is 37.8 Å². The van der Waals surface area contributed by atoms with E-state index in [1.807, 2.05) is 0 Å². The lowest BCUT2D eigenvalue weighted by molar-refractivity contribution is -0.275. The Bertz CT molecular complexity index is 2070. The number of pyridine rings is 2. The van der Waals surface area contributed by atoms with Crippen LogP contribution in [-0.4, -0.2) is 34.5 Å². The molecule has 0 aliphatic carbocycles. The summed E-state index contributed by atoms with van der Waals surface area (Å²) in [6.07, 6.45) is -3.49. The molecule has 0 saturated carbocycles. The number of rotatable bonds is 8. The van der Waals surface area contributed by atoms with Crippen LogP contribution in [0.4, 0.5) is 26.3 Å². The van der Waals surface area contributed by atoms with Gasteiger partial charge in [0.15, 0.2) is 23.7 Å². The van der Waals surface area contributed by atoms with Crippen molar-refractivity contribution in [3.8, 4) is 45.9 Å². The van der Waals surface area contributed by atoms with Crippen LogP contribution in [0.1, 0.15) is 36.2 Å². The van der Waals surface area contributed by atoms with Gasteiger partial charge in [-0.15, -0.1) is 26.3 Å². The third-order valence-corrected chi connectivity index (χ3v) is 7.75. The molecule has 4 aromatic heterocycles. The minimum absolute atomic E-state index is 0.297. The Balaban J connectivity index is 0.000000172. The maximum absolute atomic E-state index is 12.2. The molecule has 56 heavy (non-hydrogen) atoms. The monoisotopic (exact) mass is 780 g/mol. The van der Waals surface area contributed by atoms with Gasteiger partial charge in [0, 0.05) is 0 Å². The Kier molecular flexibility index (Phi) is 10.8. The predicted octanol–water partition coefficient (Wildman–Crippen LogP) is 10.2. The molecule has 288 valence electrons. The molecular weight excluding hydrogens is 754 g/mol. The summed E-state index contributed by atoms with van der Waals surface area (Å²) in [5, 5.41) is 7.76. The topological polar surface area (TPSA) is 132 Å². The molecule has 0 spiro atoms. The van der Waals surface area contributed by atoms with Gasteiger partial charge in [0.25, 0.3) is 0 Å². The Morgan fingerprint density at radius 1 is 0.500 bits per heavy atom. The van der Waals surface area contributed by atoms with E-state index in [0.29, 0.717) is 70.2 Å². The highest BCUT2D eigenvalue weighted by Crippen LogP contribution is 2.33. The molecule has 0 fully saturated rings. The van der Waals surface area contributed by atoms with E-state index in [9.17, 15) is 26.3 Å². The largest absolute Gasteiger partial charge is 0.573 e. The van der Waals surface area contributed by atoms with E-state index in [0.717, 1.165) is 0 Å². The Morgan fingerprint density at radius 3 is 1.21 bits per heavy atom. The first-order valence-electron chi connectivity index (χ1n) is 16.4. The van der Waals surface area contributed by atoms with Gasteiger partial charge in [-0.1, -0.05) is 34.6 Å². The summed E-state index contributed by atoms with van der Waals surface area (Å²) in [7, 11) is 0. The molecule has 0 saturated heterocycles. The fraction of sp³-hybridized carbons (Fsp3) is 0.158. The summed E-state index contributed by atoms with van der Waals surface area (Å²) >= 11 is 0. The molecule has 2 aliphatic heterocycles. The average molecular weight is 781 g/mol. The number of nitrogens with zero attached hydrogens (tertiary/aromatic N) is 4. The highest BCUT2D eigenvalue weighted by molar-refractivity contribution is 5.80. The molecule has 0 unspecified atom stereocenters. The number of furan rings is 2. The first-order chi connectivity index (χ1) is 26.9. The van der Waals surface area contributed by atoms with Gasteiger partial charge in [-0.2, -0.15) is 0 Å². The van der Waals surface area contributed by atoms with E-state index in [4.69, 9.17) is 28.0 Å². The highest BCUT2D eigenvalue weighted by Gasteiger charge is 2.32. The standard InChI is InChI=1S/2C19H13F3N2O4/c2*20-19(21,22)27-13-5-3-12(4-6-13)17-10-18(24-28-17)26-14-7-8-15(23-11-14)16-2-1-9-25-16/h2*1-9,11,17H,10H2/t2*17-/m10/s1.